The number of rotatable bonds is 17. The number of benzene rings is 4. The zero-order valence-electron chi connectivity index (χ0n) is 54.7. The fourth-order valence-corrected chi connectivity index (χ4v) is 13.1. The second kappa shape index (κ2) is 32.6. The Kier molecular flexibility index (Phi) is 25.9. The number of nitrogens with zero attached hydrogens (tertiary/aromatic N) is 2. The number of aliphatic hydroxyl groups excluding tert-OH is 2. The minimum atomic E-state index is -1.49. The highest BCUT2D eigenvalue weighted by Crippen LogP contribution is 2.41. The van der Waals surface area contributed by atoms with Crippen molar-refractivity contribution in [2.45, 2.75) is 210 Å². The van der Waals surface area contributed by atoms with Crippen LogP contribution < -0.4 is 0 Å². The third-order valence-electron chi connectivity index (χ3n) is 18.0. The summed E-state index contributed by atoms with van der Waals surface area (Å²) >= 11 is 0. The molecule has 7 N–H and O–H groups in total. The molecule has 4 aliphatic heterocycles. The maximum absolute atomic E-state index is 13.5. The summed E-state index contributed by atoms with van der Waals surface area (Å²) in [6, 6.07) is 16.3. The number of esters is 2. The van der Waals surface area contributed by atoms with E-state index in [1.54, 1.807) is 95.2 Å². The fourth-order valence-electron chi connectivity index (χ4n) is 13.1. The molecule has 4 aromatic carbocycles. The highest BCUT2D eigenvalue weighted by atomic mass is 16.7. The van der Waals surface area contributed by atoms with Crippen molar-refractivity contribution in [3.63, 3.8) is 0 Å². The molecule has 4 aromatic rings. The smallest absolute Gasteiger partial charge is 0.339 e. The molecule has 0 radical (unpaired) electrons. The van der Waals surface area contributed by atoms with Gasteiger partial charge in [0.2, 0.25) is 0 Å². The second-order valence-corrected chi connectivity index (χ2v) is 25.4. The van der Waals surface area contributed by atoms with Gasteiger partial charge in [-0.25, -0.2) is 9.59 Å². The average Bonchev–Trinajstić information content (AvgIpc) is 0.779. The van der Waals surface area contributed by atoms with Gasteiger partial charge in [0.1, 0.15) is 65.5 Å². The molecular formula is C69H94N2O21. The predicted octanol–water partition coefficient (Wildman–Crippen LogP) is 7.68. The number of carbonyl (C=O) groups excluding carboxylic acids is 3. The Morgan fingerprint density at radius 3 is 1.88 bits per heavy atom. The lowest BCUT2D eigenvalue weighted by molar-refractivity contribution is -0.344. The number of allylic oxidation sites excluding steroid dienone is 2. The molecule has 0 spiro atoms. The second-order valence-electron chi connectivity index (χ2n) is 25.4. The molecule has 4 heterocycles. The van der Waals surface area contributed by atoms with Crippen molar-refractivity contribution in [3.05, 3.63) is 107 Å². The van der Waals surface area contributed by atoms with Crippen LogP contribution >= 0.6 is 0 Å². The molecule has 0 bridgehead atoms. The molecule has 92 heavy (non-hydrogen) atoms. The van der Waals surface area contributed by atoms with Crippen LogP contribution in [0.25, 0.3) is 21.5 Å². The molecule has 8 rings (SSSR count). The van der Waals surface area contributed by atoms with E-state index in [-0.39, 0.29) is 61.3 Å². The minimum Gasteiger partial charge on any atom is -0.507 e. The molecule has 23 nitrogen and oxygen atoms in total. The van der Waals surface area contributed by atoms with Crippen LogP contribution in [0.5, 0.6) is 11.5 Å². The number of likely N-dealkylation sites (N-methyl/N-ethyl adjacent to an activating group) is 2. The number of carboxylic acid groups (broad SMARTS) is 2. The number of ether oxygens (including phenoxy) is 9. The van der Waals surface area contributed by atoms with Crippen LogP contribution in [0.4, 0.5) is 0 Å². The van der Waals surface area contributed by atoms with Crippen LogP contribution in [0.2, 0.25) is 0 Å². The molecule has 0 amide bonds. The highest BCUT2D eigenvalue weighted by Gasteiger charge is 2.52. The quantitative estimate of drug-likeness (QED) is 0.0394. The van der Waals surface area contributed by atoms with E-state index in [0.29, 0.717) is 51.9 Å². The van der Waals surface area contributed by atoms with Gasteiger partial charge in [-0.05, 0) is 128 Å². The van der Waals surface area contributed by atoms with E-state index in [0.717, 1.165) is 12.7 Å². The zero-order chi connectivity index (χ0) is 67.5. The first-order valence-corrected chi connectivity index (χ1v) is 31.6. The molecule has 4 aliphatic rings. The number of carboxylic acids is 2. The number of hydrogen-bond donors (Lipinski definition) is 7. The van der Waals surface area contributed by atoms with E-state index >= 15 is 0 Å². The van der Waals surface area contributed by atoms with Gasteiger partial charge < -0.3 is 93.0 Å². The van der Waals surface area contributed by atoms with Gasteiger partial charge in [0.25, 0.3) is 0 Å². The van der Waals surface area contributed by atoms with Crippen molar-refractivity contribution in [2.75, 3.05) is 35.3 Å². The van der Waals surface area contributed by atoms with Crippen LogP contribution in [0, 0.1) is 11.8 Å². The molecule has 0 unspecified atom stereocenters. The Morgan fingerprint density at radius 2 is 1.35 bits per heavy atom. The summed E-state index contributed by atoms with van der Waals surface area (Å²) in [6.45, 7) is 12.4. The largest absolute Gasteiger partial charge is 0.507 e. The Morgan fingerprint density at radius 1 is 0.750 bits per heavy atom. The first-order chi connectivity index (χ1) is 43.6. The van der Waals surface area contributed by atoms with Gasteiger partial charge in [0.15, 0.2) is 18.9 Å². The monoisotopic (exact) mass is 1290 g/mol. The summed E-state index contributed by atoms with van der Waals surface area (Å²) in [5.74, 6) is -5.47. The van der Waals surface area contributed by atoms with Crippen LogP contribution in [-0.4, -0.2) is 215 Å². The topological polar surface area (TPSA) is 317 Å². The number of aromatic hydroxyl groups is 2. The van der Waals surface area contributed by atoms with Gasteiger partial charge in [-0.3, -0.25) is 9.59 Å². The van der Waals surface area contributed by atoms with E-state index < -0.39 is 133 Å². The van der Waals surface area contributed by atoms with Crippen molar-refractivity contribution in [3.8, 4) is 11.5 Å². The Labute approximate surface area is 537 Å². The standard InChI is InChI=1S/C46H78N2O15.C23H16O6/c1-13-35(50)60-34-24-36(51)56-27(3)17-15-14-16-18-33(61-37-20-19-32(47(8)9)28(4)57-37)26(2)23-31(21-22-49)42(43(34)55-12)63-45-40(52)39(48(10)11)41(29(5)59-45)62-38-25-46(7,54)44(53)30(6)58-38;24-20-16(14-7-3-1-5-12(14)9-18(20)22(26)27)11-17-15-8-4-2-6-13(15)10-19(21(17)25)23(28)29/h14-16,18,22,26-34,37-45,52-54H,13,17,19-21,23-25H2,1-12H3;1-10,24-25H,11H2,(H,26,27)(H,28,29)/b15-14+,18-16+;/t26-,27-,28+,29-,30+,31+,32+,33+,34-,37+,38+,39-,40-,41-,42+,43+,44+,45+,46-;/m1./s1. The predicted molar refractivity (Wildman–Crippen MR) is 339 cm³/mol. The normalized spacial score (nSPS) is 33.3. The lowest BCUT2D eigenvalue weighted by Crippen LogP contribution is -2.65. The van der Waals surface area contributed by atoms with E-state index in [2.05, 4.69) is 4.90 Å². The van der Waals surface area contributed by atoms with E-state index in [4.69, 9.17) is 42.6 Å². The van der Waals surface area contributed by atoms with Gasteiger partial charge in [0, 0.05) is 56.4 Å². The number of aromatic carboxylic acids is 2. The molecule has 0 saturated carbocycles. The Bertz CT molecular complexity index is 3120. The van der Waals surface area contributed by atoms with Crippen molar-refractivity contribution in [1.82, 2.24) is 9.80 Å². The number of fused-ring (bicyclic) bond motifs is 2. The van der Waals surface area contributed by atoms with Crippen LogP contribution in [0.15, 0.2) is 85.0 Å². The zero-order valence-corrected chi connectivity index (χ0v) is 54.7. The van der Waals surface area contributed by atoms with E-state index in [9.17, 15) is 59.7 Å². The van der Waals surface area contributed by atoms with Crippen molar-refractivity contribution in [1.29, 1.82) is 0 Å². The number of methoxy groups -OCH3 is 1. The first kappa shape index (κ1) is 73.0. The number of phenols is 2. The number of hydrogen-bond acceptors (Lipinski definition) is 21. The molecule has 3 fully saturated rings. The Balaban J connectivity index is 0.000000341. The van der Waals surface area contributed by atoms with Gasteiger partial charge in [-0.2, -0.15) is 0 Å². The van der Waals surface area contributed by atoms with Crippen molar-refractivity contribution in [2.24, 2.45) is 11.8 Å². The van der Waals surface area contributed by atoms with Crippen LogP contribution in [-0.2, 0) is 63.4 Å². The van der Waals surface area contributed by atoms with Crippen molar-refractivity contribution < 1.29 is 102 Å². The molecule has 0 aliphatic carbocycles. The summed E-state index contributed by atoms with van der Waals surface area (Å²) in [4.78, 5) is 66.4. The average molecular weight is 1290 g/mol. The minimum absolute atomic E-state index is 0.0117. The first-order valence-electron chi connectivity index (χ1n) is 31.6. The molecule has 3 saturated heterocycles. The third kappa shape index (κ3) is 17.9. The number of aldehydes is 1. The van der Waals surface area contributed by atoms with Crippen molar-refractivity contribution >= 4 is 51.7 Å². The van der Waals surface area contributed by atoms with Gasteiger partial charge in [-0.15, -0.1) is 0 Å². The number of carbonyl (C=O) groups is 5. The number of cyclic esters (lactones) is 1. The molecule has 19 atom stereocenters. The summed E-state index contributed by atoms with van der Waals surface area (Å²) in [5.41, 5.74) is -1.38. The summed E-state index contributed by atoms with van der Waals surface area (Å²) in [6.07, 6.45) is -1.80. The SMILES string of the molecule is CCC(=O)O[C@@H]1CC(=O)O[C@H](C)C/C=C/C=C/[C@H](O[C@H]2CC[C@H](N(C)C)[C@H](C)O2)[C@H](C)C[C@H](CC=O)[C@H](O[C@@H]2O[C@H](C)[C@@H](O[C@H]3C[C@@](C)(O)[C@@H](O)[C@H](C)O3)[C@H](N(C)C)[C@H]2O)[C@H]1OC.O=C(O)c1cc2ccccc2c(Cc2c(O)c(C(=O)O)cc3ccccc23)c1O. The van der Waals surface area contributed by atoms with Crippen LogP contribution in [0.3, 0.4) is 0 Å². The maximum atomic E-state index is 13.5. The van der Waals surface area contributed by atoms with E-state index in [1.165, 1.54) is 26.2 Å². The van der Waals surface area contributed by atoms with Gasteiger partial charge >= 0.3 is 23.9 Å². The highest BCUT2D eigenvalue weighted by molar-refractivity contribution is 6.02. The summed E-state index contributed by atoms with van der Waals surface area (Å²) in [5, 5.41) is 76.5. The lowest BCUT2D eigenvalue weighted by atomic mass is 9.82. The molecule has 506 valence electrons. The van der Waals surface area contributed by atoms with E-state index in [1.807, 2.05) is 52.2 Å². The van der Waals surface area contributed by atoms with Gasteiger partial charge in [-0.1, -0.05) is 86.7 Å². The summed E-state index contributed by atoms with van der Waals surface area (Å²) in [7, 11) is 9.04. The number of aliphatic hydroxyl groups is 3. The maximum Gasteiger partial charge on any atom is 0.339 e. The van der Waals surface area contributed by atoms with Gasteiger partial charge in [0.05, 0.1) is 48.6 Å². The third-order valence-corrected chi connectivity index (χ3v) is 18.0. The molecule has 23 heteroatoms. The Hall–Kier alpha value is -6.45. The summed E-state index contributed by atoms with van der Waals surface area (Å²) < 4.78 is 56.7. The lowest BCUT2D eigenvalue weighted by Gasteiger charge is -2.50. The molecule has 0 aromatic heterocycles. The fraction of sp³-hybridized carbons (Fsp3) is 0.580. The van der Waals surface area contributed by atoms with Crippen LogP contribution in [0.1, 0.15) is 132 Å². The molecular weight excluding hydrogens is 1190 g/mol.